The van der Waals surface area contributed by atoms with Crippen LogP contribution in [0.15, 0.2) is 18.2 Å². The summed E-state index contributed by atoms with van der Waals surface area (Å²) in [5.74, 6) is 1.02. The molecule has 2 atom stereocenters. The van der Waals surface area contributed by atoms with Crippen LogP contribution in [0.3, 0.4) is 0 Å². The van der Waals surface area contributed by atoms with Crippen molar-refractivity contribution in [1.82, 2.24) is 0 Å². The summed E-state index contributed by atoms with van der Waals surface area (Å²) < 4.78 is 5.43. The minimum Gasteiger partial charge on any atom is -0.496 e. The van der Waals surface area contributed by atoms with E-state index in [2.05, 4.69) is 23.1 Å². The van der Waals surface area contributed by atoms with Crippen LogP contribution < -0.4 is 15.4 Å². The van der Waals surface area contributed by atoms with E-state index in [1.807, 2.05) is 0 Å². The van der Waals surface area contributed by atoms with Crippen LogP contribution in [0.1, 0.15) is 18.4 Å². The number of hydrogen-bond acceptors (Lipinski definition) is 3. The van der Waals surface area contributed by atoms with Crippen LogP contribution in [-0.2, 0) is 6.42 Å². The predicted molar refractivity (Wildman–Crippen MR) is 65.0 cm³/mol. The number of hydrogen-bond donors (Lipinski definition) is 1. The first-order valence-corrected chi connectivity index (χ1v) is 5.99. The van der Waals surface area contributed by atoms with Gasteiger partial charge in [0, 0.05) is 29.9 Å². The predicted octanol–water partition coefficient (Wildman–Crippen LogP) is 1.55. The van der Waals surface area contributed by atoms with E-state index >= 15 is 0 Å². The molecule has 1 fully saturated rings. The van der Waals surface area contributed by atoms with E-state index in [1.54, 1.807) is 7.11 Å². The Labute approximate surface area is 96.2 Å². The molecule has 86 valence electrons. The lowest BCUT2D eigenvalue weighted by atomic mass is 9.94. The van der Waals surface area contributed by atoms with E-state index < -0.39 is 0 Å². The minimum atomic E-state index is 0.347. The van der Waals surface area contributed by atoms with Gasteiger partial charge >= 0.3 is 0 Å². The highest BCUT2D eigenvalue weighted by Gasteiger charge is 2.36. The van der Waals surface area contributed by atoms with Crippen molar-refractivity contribution in [3.05, 3.63) is 23.8 Å². The van der Waals surface area contributed by atoms with Gasteiger partial charge in [-0.15, -0.1) is 0 Å². The number of methoxy groups -OCH3 is 1. The topological polar surface area (TPSA) is 38.5 Å². The van der Waals surface area contributed by atoms with Crippen LogP contribution in [0.25, 0.3) is 0 Å². The lowest BCUT2D eigenvalue weighted by Gasteiger charge is -2.35. The summed E-state index contributed by atoms with van der Waals surface area (Å²) in [6.45, 7) is 1.09. The molecule has 2 aliphatic rings. The molecule has 1 aromatic rings. The van der Waals surface area contributed by atoms with Crippen molar-refractivity contribution in [1.29, 1.82) is 0 Å². The van der Waals surface area contributed by atoms with Crippen LogP contribution >= 0.6 is 0 Å². The number of nitrogens with two attached hydrogens (primary N) is 1. The third-order valence-electron chi connectivity index (χ3n) is 3.93. The largest absolute Gasteiger partial charge is 0.496 e. The standard InChI is InChI=1S/C13H18N2O/c1-16-13-4-2-3-11-9(13)5-6-12-10(14)7-8-15(11)12/h2-4,10,12H,5-8,14H2,1H3. The number of nitrogens with zero attached hydrogens (tertiary/aromatic N) is 1. The second-order valence-electron chi connectivity index (χ2n) is 4.71. The Morgan fingerprint density at radius 3 is 3.06 bits per heavy atom. The van der Waals surface area contributed by atoms with Gasteiger partial charge in [0.05, 0.1) is 7.11 Å². The smallest absolute Gasteiger partial charge is 0.124 e. The molecule has 2 aliphatic heterocycles. The number of anilines is 1. The molecule has 2 heterocycles. The van der Waals surface area contributed by atoms with Gasteiger partial charge < -0.3 is 15.4 Å². The zero-order valence-corrected chi connectivity index (χ0v) is 9.65. The number of ether oxygens (including phenoxy) is 1. The Morgan fingerprint density at radius 1 is 1.38 bits per heavy atom. The average Bonchev–Trinajstić information content (AvgIpc) is 2.70. The van der Waals surface area contributed by atoms with E-state index in [4.69, 9.17) is 10.5 Å². The summed E-state index contributed by atoms with van der Waals surface area (Å²) in [7, 11) is 1.75. The Hall–Kier alpha value is -1.22. The maximum atomic E-state index is 6.14. The van der Waals surface area contributed by atoms with Crippen LogP contribution in [0.5, 0.6) is 5.75 Å². The summed E-state index contributed by atoms with van der Waals surface area (Å²) in [5, 5.41) is 0. The van der Waals surface area contributed by atoms with Crippen LogP contribution in [0, 0.1) is 0 Å². The van der Waals surface area contributed by atoms with Crippen LogP contribution in [-0.4, -0.2) is 25.7 Å². The van der Waals surface area contributed by atoms with Crippen molar-refractivity contribution in [2.24, 2.45) is 5.73 Å². The Bertz CT molecular complexity index is 405. The third kappa shape index (κ3) is 1.31. The molecular weight excluding hydrogens is 200 g/mol. The summed E-state index contributed by atoms with van der Waals surface area (Å²) in [6.07, 6.45) is 3.37. The molecule has 0 aromatic heterocycles. The van der Waals surface area contributed by atoms with E-state index in [0.717, 1.165) is 31.6 Å². The maximum absolute atomic E-state index is 6.14. The van der Waals surface area contributed by atoms with Gasteiger partial charge in [-0.25, -0.2) is 0 Å². The normalized spacial score (nSPS) is 27.5. The lowest BCUT2D eigenvalue weighted by molar-refractivity contribution is 0.404. The molecular formula is C13H18N2O. The molecule has 0 aliphatic carbocycles. The van der Waals surface area contributed by atoms with Gasteiger partial charge in [0.15, 0.2) is 0 Å². The van der Waals surface area contributed by atoms with Gasteiger partial charge in [0.2, 0.25) is 0 Å². The molecule has 2 unspecified atom stereocenters. The Morgan fingerprint density at radius 2 is 2.25 bits per heavy atom. The van der Waals surface area contributed by atoms with Crippen molar-refractivity contribution in [3.8, 4) is 5.75 Å². The van der Waals surface area contributed by atoms with Gasteiger partial charge in [-0.05, 0) is 31.4 Å². The van der Waals surface area contributed by atoms with Gasteiger partial charge in [-0.1, -0.05) is 6.07 Å². The zero-order chi connectivity index (χ0) is 11.1. The molecule has 3 nitrogen and oxygen atoms in total. The number of rotatable bonds is 1. The fourth-order valence-electron chi connectivity index (χ4n) is 3.10. The highest BCUT2D eigenvalue weighted by atomic mass is 16.5. The van der Waals surface area contributed by atoms with E-state index in [1.165, 1.54) is 11.3 Å². The van der Waals surface area contributed by atoms with Crippen molar-refractivity contribution < 1.29 is 4.74 Å². The second-order valence-corrected chi connectivity index (χ2v) is 4.71. The van der Waals surface area contributed by atoms with Gasteiger partial charge in [-0.2, -0.15) is 0 Å². The molecule has 0 spiro atoms. The molecule has 1 aromatic carbocycles. The van der Waals surface area contributed by atoms with E-state index in [9.17, 15) is 0 Å². The average molecular weight is 218 g/mol. The molecule has 3 rings (SSSR count). The monoisotopic (exact) mass is 218 g/mol. The molecule has 16 heavy (non-hydrogen) atoms. The molecule has 1 saturated heterocycles. The Balaban J connectivity index is 2.04. The Kier molecular flexibility index (Phi) is 2.28. The van der Waals surface area contributed by atoms with E-state index in [-0.39, 0.29) is 0 Å². The molecule has 3 heteroatoms. The van der Waals surface area contributed by atoms with Crippen molar-refractivity contribution >= 4 is 5.69 Å². The first-order valence-electron chi connectivity index (χ1n) is 5.99. The van der Waals surface area contributed by atoms with Crippen LogP contribution in [0.4, 0.5) is 5.69 Å². The summed E-state index contributed by atoms with van der Waals surface area (Å²) in [5.41, 5.74) is 8.84. The number of fused-ring (bicyclic) bond motifs is 3. The van der Waals surface area contributed by atoms with Crippen molar-refractivity contribution in [2.45, 2.75) is 31.3 Å². The fraction of sp³-hybridized carbons (Fsp3) is 0.538. The zero-order valence-electron chi connectivity index (χ0n) is 9.65. The van der Waals surface area contributed by atoms with Gasteiger partial charge in [0.1, 0.15) is 5.75 Å². The molecule has 0 bridgehead atoms. The minimum absolute atomic E-state index is 0.347. The lowest BCUT2D eigenvalue weighted by Crippen LogP contribution is -2.42. The van der Waals surface area contributed by atoms with Crippen LogP contribution in [0.2, 0.25) is 0 Å². The molecule has 0 amide bonds. The molecule has 0 radical (unpaired) electrons. The van der Waals surface area contributed by atoms with Crippen molar-refractivity contribution in [3.63, 3.8) is 0 Å². The quantitative estimate of drug-likeness (QED) is 0.777. The highest BCUT2D eigenvalue weighted by molar-refractivity contribution is 5.62. The maximum Gasteiger partial charge on any atom is 0.124 e. The summed E-state index contributed by atoms with van der Waals surface area (Å²) in [4.78, 5) is 2.46. The summed E-state index contributed by atoms with van der Waals surface area (Å²) >= 11 is 0. The summed E-state index contributed by atoms with van der Waals surface area (Å²) in [6, 6.07) is 7.21. The second kappa shape index (κ2) is 3.67. The third-order valence-corrected chi connectivity index (χ3v) is 3.93. The highest BCUT2D eigenvalue weighted by Crippen LogP contribution is 2.39. The fourth-order valence-corrected chi connectivity index (χ4v) is 3.10. The molecule has 2 N–H and O–H groups in total. The number of benzene rings is 1. The molecule has 0 saturated carbocycles. The first-order chi connectivity index (χ1) is 7.81. The van der Waals surface area contributed by atoms with Gasteiger partial charge in [-0.3, -0.25) is 0 Å². The van der Waals surface area contributed by atoms with Gasteiger partial charge in [0.25, 0.3) is 0 Å². The van der Waals surface area contributed by atoms with E-state index in [0.29, 0.717) is 12.1 Å². The first kappa shape index (κ1) is 9.97. The van der Waals surface area contributed by atoms with Crippen molar-refractivity contribution in [2.75, 3.05) is 18.6 Å². The SMILES string of the molecule is COc1cccc2c1CCC1C(N)CCN21.